The van der Waals surface area contributed by atoms with E-state index in [0.29, 0.717) is 5.75 Å². The smallest absolute Gasteiger partial charge is 0.309 e. The van der Waals surface area contributed by atoms with E-state index in [4.69, 9.17) is 15.2 Å². The number of hydrogen-bond donors (Lipinski definition) is 1. The highest BCUT2D eigenvalue weighted by Gasteiger charge is 2.25. The number of hydrogen-bond acceptors (Lipinski definition) is 5. The molecule has 0 saturated carbocycles. The molecule has 0 bridgehead atoms. The first-order valence-electron chi connectivity index (χ1n) is 5.05. The predicted molar refractivity (Wildman–Crippen MR) is 57.4 cm³/mol. The SMILES string of the molecule is COC(=O)CC1COc2cc(N)c(F)cc2O1. The molecule has 1 unspecified atom stereocenters. The highest BCUT2D eigenvalue weighted by atomic mass is 19.1. The number of carbonyl (C=O) groups excluding carboxylic acids is 1. The van der Waals surface area contributed by atoms with E-state index in [9.17, 15) is 9.18 Å². The van der Waals surface area contributed by atoms with Gasteiger partial charge in [-0.05, 0) is 0 Å². The maximum Gasteiger partial charge on any atom is 0.309 e. The molecule has 1 aromatic rings. The van der Waals surface area contributed by atoms with Gasteiger partial charge in [0.15, 0.2) is 11.5 Å². The summed E-state index contributed by atoms with van der Waals surface area (Å²) in [5, 5.41) is 0. The minimum atomic E-state index is -0.578. The molecule has 17 heavy (non-hydrogen) atoms. The quantitative estimate of drug-likeness (QED) is 0.620. The topological polar surface area (TPSA) is 70.8 Å². The molecule has 2 rings (SSSR count). The molecule has 0 amide bonds. The predicted octanol–water partition coefficient (Wildman–Crippen LogP) is 1.11. The van der Waals surface area contributed by atoms with Crippen LogP contribution in [0.25, 0.3) is 0 Å². The second-order valence-electron chi connectivity index (χ2n) is 3.65. The average Bonchev–Trinajstić information content (AvgIpc) is 2.31. The van der Waals surface area contributed by atoms with Crippen molar-refractivity contribution in [1.29, 1.82) is 0 Å². The molecule has 0 radical (unpaired) electrons. The molecule has 0 fully saturated rings. The van der Waals surface area contributed by atoms with Crippen LogP contribution < -0.4 is 15.2 Å². The van der Waals surface area contributed by atoms with Gasteiger partial charge in [0.25, 0.3) is 0 Å². The molecule has 1 aliphatic heterocycles. The summed E-state index contributed by atoms with van der Waals surface area (Å²) in [5.74, 6) is -0.356. The van der Waals surface area contributed by atoms with E-state index in [1.807, 2.05) is 0 Å². The Morgan fingerprint density at radius 1 is 1.59 bits per heavy atom. The summed E-state index contributed by atoms with van der Waals surface area (Å²) in [6.45, 7) is 0.202. The van der Waals surface area contributed by atoms with Crippen molar-refractivity contribution in [2.75, 3.05) is 19.5 Å². The molecule has 1 aliphatic rings. The van der Waals surface area contributed by atoms with Crippen molar-refractivity contribution >= 4 is 11.7 Å². The lowest BCUT2D eigenvalue weighted by atomic mass is 10.2. The van der Waals surface area contributed by atoms with Gasteiger partial charge in [-0.15, -0.1) is 0 Å². The van der Waals surface area contributed by atoms with E-state index in [1.165, 1.54) is 13.2 Å². The van der Waals surface area contributed by atoms with Crippen molar-refractivity contribution in [3.05, 3.63) is 17.9 Å². The lowest BCUT2D eigenvalue weighted by molar-refractivity contribution is -0.143. The first-order chi connectivity index (χ1) is 8.10. The molecule has 2 N–H and O–H groups in total. The summed E-state index contributed by atoms with van der Waals surface area (Å²) in [6.07, 6.45) is -0.417. The molecule has 1 aromatic carbocycles. The molecular formula is C11H12FNO4. The maximum atomic E-state index is 13.2. The summed E-state index contributed by atoms with van der Waals surface area (Å²) in [4.78, 5) is 11.1. The Kier molecular flexibility index (Phi) is 3.03. The van der Waals surface area contributed by atoms with Gasteiger partial charge >= 0.3 is 5.97 Å². The molecular weight excluding hydrogens is 229 g/mol. The minimum Gasteiger partial charge on any atom is -0.486 e. The largest absolute Gasteiger partial charge is 0.486 e. The van der Waals surface area contributed by atoms with E-state index >= 15 is 0 Å². The van der Waals surface area contributed by atoms with Crippen LogP contribution in [-0.4, -0.2) is 25.8 Å². The van der Waals surface area contributed by atoms with Crippen LogP contribution in [0.3, 0.4) is 0 Å². The lowest BCUT2D eigenvalue weighted by Gasteiger charge is -2.26. The third kappa shape index (κ3) is 2.41. The average molecular weight is 241 g/mol. The third-order valence-corrected chi connectivity index (χ3v) is 2.40. The standard InChI is InChI=1S/C11H12FNO4/c1-15-11(14)2-6-5-16-9-4-8(13)7(12)3-10(9)17-6/h3-4,6H,2,5,13H2,1H3. The summed E-state index contributed by atoms with van der Waals surface area (Å²) < 4.78 is 28.5. The number of methoxy groups -OCH3 is 1. The fourth-order valence-corrected chi connectivity index (χ4v) is 1.52. The zero-order valence-corrected chi connectivity index (χ0v) is 9.23. The van der Waals surface area contributed by atoms with Crippen LogP contribution in [0.4, 0.5) is 10.1 Å². The second-order valence-corrected chi connectivity index (χ2v) is 3.65. The summed E-state index contributed by atoms with van der Waals surface area (Å²) in [7, 11) is 1.29. The van der Waals surface area contributed by atoms with Gasteiger partial charge in [-0.25, -0.2) is 4.39 Å². The van der Waals surface area contributed by atoms with E-state index in [-0.39, 0.29) is 24.5 Å². The number of nitrogen functional groups attached to an aromatic ring is 1. The van der Waals surface area contributed by atoms with Gasteiger partial charge in [-0.3, -0.25) is 4.79 Å². The van der Waals surface area contributed by atoms with Crippen molar-refractivity contribution in [3.8, 4) is 11.5 Å². The molecule has 5 nitrogen and oxygen atoms in total. The van der Waals surface area contributed by atoms with E-state index in [2.05, 4.69) is 4.74 Å². The Labute approximate surface area is 97.3 Å². The normalized spacial score (nSPS) is 17.6. The molecule has 0 spiro atoms. The Bertz CT molecular complexity index is 449. The first kappa shape index (κ1) is 11.5. The highest BCUT2D eigenvalue weighted by Crippen LogP contribution is 2.35. The summed E-state index contributed by atoms with van der Waals surface area (Å²) in [6, 6.07) is 2.51. The van der Waals surface area contributed by atoms with Crippen LogP contribution in [0.1, 0.15) is 6.42 Å². The van der Waals surface area contributed by atoms with Crippen LogP contribution in [0.2, 0.25) is 0 Å². The number of carbonyl (C=O) groups is 1. The van der Waals surface area contributed by atoms with E-state index < -0.39 is 17.9 Å². The van der Waals surface area contributed by atoms with E-state index in [0.717, 1.165) is 6.07 Å². The number of anilines is 1. The van der Waals surface area contributed by atoms with Gasteiger partial charge in [0.05, 0.1) is 19.2 Å². The van der Waals surface area contributed by atoms with Gasteiger partial charge in [0.1, 0.15) is 18.5 Å². The van der Waals surface area contributed by atoms with Gasteiger partial charge in [-0.2, -0.15) is 0 Å². The van der Waals surface area contributed by atoms with Crippen molar-refractivity contribution in [2.24, 2.45) is 0 Å². The van der Waals surface area contributed by atoms with Gasteiger partial charge in [-0.1, -0.05) is 0 Å². The molecule has 0 aliphatic carbocycles. The van der Waals surface area contributed by atoms with Crippen LogP contribution in [0.15, 0.2) is 12.1 Å². The molecule has 6 heteroatoms. The summed E-state index contributed by atoms with van der Waals surface area (Å²) >= 11 is 0. The first-order valence-corrected chi connectivity index (χ1v) is 5.05. The lowest BCUT2D eigenvalue weighted by Crippen LogP contribution is -2.31. The molecule has 0 saturated heterocycles. The van der Waals surface area contributed by atoms with E-state index in [1.54, 1.807) is 0 Å². The van der Waals surface area contributed by atoms with Gasteiger partial charge < -0.3 is 19.9 Å². The molecule has 1 atom stereocenters. The number of ether oxygens (including phenoxy) is 3. The number of halogens is 1. The number of nitrogens with two attached hydrogens (primary N) is 1. The van der Waals surface area contributed by atoms with Crippen molar-refractivity contribution < 1.29 is 23.4 Å². The zero-order chi connectivity index (χ0) is 12.4. The van der Waals surface area contributed by atoms with Crippen molar-refractivity contribution in [2.45, 2.75) is 12.5 Å². The van der Waals surface area contributed by atoms with Crippen LogP contribution >= 0.6 is 0 Å². The van der Waals surface area contributed by atoms with Crippen LogP contribution in [0.5, 0.6) is 11.5 Å². The Morgan fingerprint density at radius 3 is 3.06 bits per heavy atom. The fraction of sp³-hybridized carbons (Fsp3) is 0.364. The number of esters is 1. The second kappa shape index (κ2) is 4.48. The third-order valence-electron chi connectivity index (χ3n) is 2.40. The Hall–Kier alpha value is -1.98. The number of fused-ring (bicyclic) bond motifs is 1. The minimum absolute atomic E-state index is 0.00114. The van der Waals surface area contributed by atoms with Crippen LogP contribution in [0, 0.1) is 5.82 Å². The van der Waals surface area contributed by atoms with Crippen LogP contribution in [-0.2, 0) is 9.53 Å². The van der Waals surface area contributed by atoms with Gasteiger partial charge in [0.2, 0.25) is 0 Å². The highest BCUT2D eigenvalue weighted by molar-refractivity contribution is 5.70. The van der Waals surface area contributed by atoms with Gasteiger partial charge in [0, 0.05) is 12.1 Å². The fourth-order valence-electron chi connectivity index (χ4n) is 1.52. The van der Waals surface area contributed by atoms with Crippen molar-refractivity contribution in [1.82, 2.24) is 0 Å². The Morgan fingerprint density at radius 2 is 2.35 bits per heavy atom. The monoisotopic (exact) mass is 241 g/mol. The molecule has 92 valence electrons. The zero-order valence-electron chi connectivity index (χ0n) is 9.23. The maximum absolute atomic E-state index is 13.2. The van der Waals surface area contributed by atoms with Crippen molar-refractivity contribution in [3.63, 3.8) is 0 Å². The molecule has 1 heterocycles. The number of benzene rings is 1. The number of rotatable bonds is 2. The summed E-state index contributed by atoms with van der Waals surface area (Å²) in [5.41, 5.74) is 5.39. The molecule has 0 aromatic heterocycles. The Balaban J connectivity index is 2.13.